The van der Waals surface area contributed by atoms with Crippen LogP contribution < -0.4 is 11.1 Å². The van der Waals surface area contributed by atoms with Gasteiger partial charge in [0.05, 0.1) is 0 Å². The zero-order chi connectivity index (χ0) is 14.5. The third-order valence-corrected chi connectivity index (χ3v) is 3.43. The molecule has 0 saturated carbocycles. The molecule has 0 atom stereocenters. The highest BCUT2D eigenvalue weighted by Crippen LogP contribution is 2.20. The van der Waals surface area contributed by atoms with Gasteiger partial charge in [0.2, 0.25) is 11.8 Å². The molecule has 1 aliphatic heterocycles. The largest absolute Gasteiger partial charge is 0.330 e. The topological polar surface area (TPSA) is 92.5 Å². The number of piperazine rings is 1. The van der Waals surface area contributed by atoms with Crippen LogP contribution in [-0.2, 0) is 14.4 Å². The second-order valence-corrected chi connectivity index (χ2v) is 5.37. The van der Waals surface area contributed by atoms with Crippen molar-refractivity contribution in [2.75, 3.05) is 13.1 Å². The third-order valence-electron chi connectivity index (χ3n) is 3.43. The van der Waals surface area contributed by atoms with Crippen molar-refractivity contribution in [2.24, 2.45) is 5.73 Å². The molecule has 1 saturated heterocycles. The van der Waals surface area contributed by atoms with E-state index in [4.69, 9.17) is 5.73 Å². The van der Waals surface area contributed by atoms with E-state index in [0.29, 0.717) is 13.0 Å². The van der Waals surface area contributed by atoms with Crippen LogP contribution in [0.15, 0.2) is 0 Å². The molecule has 1 aliphatic rings. The highest BCUT2D eigenvalue weighted by molar-refractivity contribution is 6.06. The maximum Gasteiger partial charge on any atom is 0.252 e. The number of hydrogen-bond acceptors (Lipinski definition) is 4. The van der Waals surface area contributed by atoms with E-state index < -0.39 is 17.4 Å². The number of imide groups is 1. The number of unbranched alkanes of at least 4 members (excludes halogenated alkanes) is 3. The first-order valence-corrected chi connectivity index (χ1v) is 6.74. The number of rotatable bonds is 6. The molecule has 0 aromatic carbocycles. The van der Waals surface area contributed by atoms with Gasteiger partial charge in [-0.25, -0.2) is 0 Å². The molecule has 108 valence electrons. The van der Waals surface area contributed by atoms with Crippen LogP contribution >= 0.6 is 0 Å². The van der Waals surface area contributed by atoms with E-state index in [9.17, 15) is 14.4 Å². The molecule has 3 N–H and O–H groups in total. The summed E-state index contributed by atoms with van der Waals surface area (Å²) < 4.78 is 0. The number of nitrogens with one attached hydrogen (secondary N) is 1. The van der Waals surface area contributed by atoms with Gasteiger partial charge >= 0.3 is 0 Å². The van der Waals surface area contributed by atoms with Gasteiger partial charge < -0.3 is 10.6 Å². The van der Waals surface area contributed by atoms with Gasteiger partial charge in [0, 0.05) is 6.42 Å². The molecule has 1 fully saturated rings. The number of nitrogens with zero attached hydrogens (tertiary/aromatic N) is 1. The number of carbonyl (C=O) groups excluding carboxylic acids is 3. The van der Waals surface area contributed by atoms with E-state index in [2.05, 4.69) is 5.32 Å². The van der Waals surface area contributed by atoms with Crippen LogP contribution in [0.2, 0.25) is 0 Å². The lowest BCUT2D eigenvalue weighted by molar-refractivity contribution is -0.155. The van der Waals surface area contributed by atoms with Crippen LogP contribution in [0.1, 0.15) is 46.0 Å². The third kappa shape index (κ3) is 4.02. The lowest BCUT2D eigenvalue weighted by Gasteiger charge is -2.40. The van der Waals surface area contributed by atoms with E-state index in [1.807, 2.05) is 0 Å². The smallest absolute Gasteiger partial charge is 0.252 e. The number of hydrogen-bond donors (Lipinski definition) is 2. The zero-order valence-corrected chi connectivity index (χ0v) is 11.7. The Morgan fingerprint density at radius 1 is 1.26 bits per heavy atom. The summed E-state index contributed by atoms with van der Waals surface area (Å²) in [7, 11) is 0. The number of carbonyl (C=O) groups is 3. The normalized spacial score (nSPS) is 18.4. The van der Waals surface area contributed by atoms with Gasteiger partial charge in [0.1, 0.15) is 12.1 Å². The quantitative estimate of drug-likeness (QED) is 0.530. The maximum atomic E-state index is 12.1. The Morgan fingerprint density at radius 2 is 1.89 bits per heavy atom. The SMILES string of the molecule is CC1(C)C(=O)NC(=O)CN1C(=O)CCCCCCN. The van der Waals surface area contributed by atoms with Gasteiger partial charge in [-0.15, -0.1) is 0 Å². The lowest BCUT2D eigenvalue weighted by Crippen LogP contribution is -2.65. The Balaban J connectivity index is 2.50. The standard InChI is InChI=1S/C13H23N3O3/c1-13(2)12(19)15-10(17)9-16(13)11(18)7-5-3-4-6-8-14/h3-9,14H2,1-2H3,(H,15,17,19). The lowest BCUT2D eigenvalue weighted by atomic mass is 9.97. The van der Waals surface area contributed by atoms with Gasteiger partial charge in [0.25, 0.3) is 5.91 Å². The first-order valence-electron chi connectivity index (χ1n) is 6.74. The van der Waals surface area contributed by atoms with Crippen LogP contribution in [0, 0.1) is 0 Å². The average Bonchev–Trinajstić information content (AvgIpc) is 2.33. The highest BCUT2D eigenvalue weighted by Gasteiger charge is 2.42. The summed E-state index contributed by atoms with van der Waals surface area (Å²) in [6.07, 6.45) is 4.05. The summed E-state index contributed by atoms with van der Waals surface area (Å²) in [6, 6.07) is 0. The summed E-state index contributed by atoms with van der Waals surface area (Å²) in [5, 5.41) is 2.25. The molecule has 0 radical (unpaired) electrons. The summed E-state index contributed by atoms with van der Waals surface area (Å²) in [4.78, 5) is 36.5. The monoisotopic (exact) mass is 269 g/mol. The summed E-state index contributed by atoms with van der Waals surface area (Å²) >= 11 is 0. The second kappa shape index (κ2) is 6.65. The molecule has 0 unspecified atom stereocenters. The van der Waals surface area contributed by atoms with Gasteiger partial charge in [-0.3, -0.25) is 19.7 Å². The van der Waals surface area contributed by atoms with Crippen molar-refractivity contribution in [2.45, 2.75) is 51.5 Å². The van der Waals surface area contributed by atoms with Crippen molar-refractivity contribution in [1.29, 1.82) is 0 Å². The Hall–Kier alpha value is -1.43. The van der Waals surface area contributed by atoms with E-state index in [0.717, 1.165) is 25.7 Å². The van der Waals surface area contributed by atoms with Gasteiger partial charge in [-0.2, -0.15) is 0 Å². The summed E-state index contributed by atoms with van der Waals surface area (Å²) in [6.45, 7) is 3.93. The van der Waals surface area contributed by atoms with Crippen molar-refractivity contribution in [3.63, 3.8) is 0 Å². The Morgan fingerprint density at radius 3 is 2.53 bits per heavy atom. The molecule has 1 heterocycles. The predicted octanol–water partition coefficient (Wildman–Crippen LogP) is 0.159. The van der Waals surface area contributed by atoms with Gasteiger partial charge in [-0.1, -0.05) is 12.8 Å². The molecule has 1 rings (SSSR count). The molecule has 0 bridgehead atoms. The molecule has 0 aliphatic carbocycles. The molecule has 3 amide bonds. The Labute approximate surface area is 113 Å². The minimum absolute atomic E-state index is 0.0413. The molecule has 6 nitrogen and oxygen atoms in total. The minimum atomic E-state index is -0.956. The fourth-order valence-corrected chi connectivity index (χ4v) is 2.09. The highest BCUT2D eigenvalue weighted by atomic mass is 16.2. The summed E-state index contributed by atoms with van der Waals surface area (Å²) in [5.74, 6) is -0.970. The van der Waals surface area contributed by atoms with Crippen LogP contribution in [0.5, 0.6) is 0 Å². The summed E-state index contributed by atoms with van der Waals surface area (Å²) in [5.41, 5.74) is 4.44. The van der Waals surface area contributed by atoms with Crippen LogP contribution in [0.25, 0.3) is 0 Å². The fraction of sp³-hybridized carbons (Fsp3) is 0.769. The van der Waals surface area contributed by atoms with Crippen molar-refractivity contribution in [3.05, 3.63) is 0 Å². The maximum absolute atomic E-state index is 12.1. The van der Waals surface area contributed by atoms with Crippen molar-refractivity contribution in [3.8, 4) is 0 Å². The van der Waals surface area contributed by atoms with E-state index >= 15 is 0 Å². The molecule has 6 heteroatoms. The van der Waals surface area contributed by atoms with E-state index in [1.54, 1.807) is 13.8 Å². The average molecular weight is 269 g/mol. The zero-order valence-electron chi connectivity index (χ0n) is 11.7. The van der Waals surface area contributed by atoms with Gasteiger partial charge in [-0.05, 0) is 33.2 Å². The minimum Gasteiger partial charge on any atom is -0.330 e. The molecular formula is C13H23N3O3. The van der Waals surface area contributed by atoms with E-state index in [-0.39, 0.29) is 12.5 Å². The predicted molar refractivity (Wildman–Crippen MR) is 71.1 cm³/mol. The van der Waals surface area contributed by atoms with Crippen molar-refractivity contribution in [1.82, 2.24) is 10.2 Å². The van der Waals surface area contributed by atoms with Crippen LogP contribution in [0.3, 0.4) is 0 Å². The fourth-order valence-electron chi connectivity index (χ4n) is 2.09. The van der Waals surface area contributed by atoms with Crippen LogP contribution in [0.4, 0.5) is 0 Å². The molecule has 0 spiro atoms. The van der Waals surface area contributed by atoms with Crippen LogP contribution in [-0.4, -0.2) is 41.2 Å². The first-order chi connectivity index (χ1) is 8.89. The first kappa shape index (κ1) is 15.6. The number of amides is 3. The Bertz CT molecular complexity index is 366. The van der Waals surface area contributed by atoms with E-state index in [1.165, 1.54) is 4.90 Å². The Kier molecular flexibility index (Phi) is 5.47. The van der Waals surface area contributed by atoms with Gasteiger partial charge in [0.15, 0.2) is 0 Å². The van der Waals surface area contributed by atoms with Crippen molar-refractivity contribution < 1.29 is 14.4 Å². The molecule has 19 heavy (non-hydrogen) atoms. The molecular weight excluding hydrogens is 246 g/mol. The second-order valence-electron chi connectivity index (χ2n) is 5.37. The number of nitrogens with two attached hydrogens (primary N) is 1. The molecule has 0 aromatic heterocycles. The van der Waals surface area contributed by atoms with Crippen molar-refractivity contribution >= 4 is 17.7 Å². The molecule has 0 aromatic rings.